The fraction of sp³-hybridized carbons (Fsp3) is 0.448. The van der Waals surface area contributed by atoms with E-state index in [-0.39, 0.29) is 11.1 Å². The molecule has 2 aromatic carbocycles. The Morgan fingerprint density at radius 1 is 1.24 bits per heavy atom. The number of halogens is 1. The molecule has 1 aliphatic heterocycles. The number of ether oxygens (including phenoxy) is 1. The Labute approximate surface area is 218 Å². The van der Waals surface area contributed by atoms with Crippen LogP contribution in [-0.4, -0.2) is 40.4 Å². The summed E-state index contributed by atoms with van der Waals surface area (Å²) >= 11 is 0. The molecule has 4 rings (SSSR count). The van der Waals surface area contributed by atoms with Crippen molar-refractivity contribution >= 4 is 11.7 Å². The number of amides is 2. The molecule has 0 saturated carbocycles. The minimum atomic E-state index is -0.807. The molecule has 2 heterocycles. The van der Waals surface area contributed by atoms with Crippen LogP contribution in [0.15, 0.2) is 36.4 Å². The number of primary amides is 1. The molecular weight excluding hydrogens is 469 g/mol. The van der Waals surface area contributed by atoms with Gasteiger partial charge in [0.15, 0.2) is 0 Å². The van der Waals surface area contributed by atoms with Crippen LogP contribution in [0.4, 0.5) is 14.9 Å². The largest absolute Gasteiger partial charge is 0.491 e. The molecule has 37 heavy (non-hydrogen) atoms. The lowest BCUT2D eigenvalue weighted by molar-refractivity contribution is 0.176. The molecule has 0 saturated heterocycles. The molecule has 7 nitrogen and oxygen atoms in total. The van der Waals surface area contributed by atoms with Crippen molar-refractivity contribution < 1.29 is 13.9 Å². The van der Waals surface area contributed by atoms with Gasteiger partial charge in [0, 0.05) is 37.2 Å². The van der Waals surface area contributed by atoms with Gasteiger partial charge in [-0.2, -0.15) is 5.10 Å². The van der Waals surface area contributed by atoms with Crippen molar-refractivity contribution in [3.05, 3.63) is 59.0 Å². The fourth-order valence-corrected chi connectivity index (χ4v) is 4.87. The van der Waals surface area contributed by atoms with Gasteiger partial charge in [0.25, 0.3) is 0 Å². The number of anilines is 1. The van der Waals surface area contributed by atoms with Gasteiger partial charge in [0.05, 0.1) is 23.7 Å². The Kier molecular flexibility index (Phi) is 7.59. The van der Waals surface area contributed by atoms with E-state index in [2.05, 4.69) is 44.8 Å². The number of carbonyl (C=O) groups excluding carboxylic acids is 1. The number of rotatable bonds is 7. The molecule has 0 bridgehead atoms. The van der Waals surface area contributed by atoms with Gasteiger partial charge < -0.3 is 15.8 Å². The Morgan fingerprint density at radius 2 is 2.00 bits per heavy atom. The van der Waals surface area contributed by atoms with E-state index >= 15 is 4.39 Å². The van der Waals surface area contributed by atoms with Crippen LogP contribution in [0.2, 0.25) is 0 Å². The zero-order chi connectivity index (χ0) is 26.9. The second-order valence-electron chi connectivity index (χ2n) is 11.5. The quantitative estimate of drug-likeness (QED) is 0.416. The topological polar surface area (TPSA) is 85.4 Å². The summed E-state index contributed by atoms with van der Waals surface area (Å²) < 4.78 is 23.2. The molecule has 0 aliphatic carbocycles. The molecular formula is C29H38FN5O2. The smallest absolute Gasteiger partial charge is 0.316 e. The average molecular weight is 508 g/mol. The van der Waals surface area contributed by atoms with E-state index in [1.807, 2.05) is 29.8 Å². The predicted molar refractivity (Wildman–Crippen MR) is 146 cm³/mol. The maximum atomic E-state index is 15.1. The van der Waals surface area contributed by atoms with E-state index in [0.717, 1.165) is 60.0 Å². The lowest BCUT2D eigenvalue weighted by atomic mass is 9.93. The minimum absolute atomic E-state index is 0.0439. The van der Waals surface area contributed by atoms with E-state index in [0.29, 0.717) is 18.1 Å². The lowest BCUT2D eigenvalue weighted by Crippen LogP contribution is -2.36. The van der Waals surface area contributed by atoms with Crippen molar-refractivity contribution in [2.45, 2.75) is 54.5 Å². The first-order valence-electron chi connectivity index (χ1n) is 12.8. The van der Waals surface area contributed by atoms with E-state index in [4.69, 9.17) is 15.6 Å². The summed E-state index contributed by atoms with van der Waals surface area (Å²) in [5, 5.41) is 7.42. The number of nitrogens with zero attached hydrogens (tertiary/aromatic N) is 3. The fourth-order valence-electron chi connectivity index (χ4n) is 4.87. The standard InChI is InChI=1S/C29H38FN5O2/c1-18(2)16-37-25-9-7-8-19(3)26(25)35-27(20-10-11-24(22(30)14-20)32-28(31)36)21-15-34(17-29(4,5)6)13-12-23(21)33-35/h7-11,14,18H,12-13,15-17H2,1-6H3,(H3,31,32,36). The van der Waals surface area contributed by atoms with Crippen LogP contribution in [-0.2, 0) is 13.0 Å². The summed E-state index contributed by atoms with van der Waals surface area (Å²) in [5.41, 5.74) is 10.9. The third-order valence-corrected chi connectivity index (χ3v) is 6.30. The molecule has 0 radical (unpaired) electrons. The normalized spacial score (nSPS) is 14.1. The lowest BCUT2D eigenvalue weighted by Gasteiger charge is -2.32. The van der Waals surface area contributed by atoms with Gasteiger partial charge in [-0.1, -0.05) is 52.8 Å². The number of benzene rings is 2. The van der Waals surface area contributed by atoms with Gasteiger partial charge in [-0.05, 0) is 42.0 Å². The van der Waals surface area contributed by atoms with Gasteiger partial charge in [-0.3, -0.25) is 4.90 Å². The van der Waals surface area contributed by atoms with Crippen molar-refractivity contribution in [1.82, 2.24) is 14.7 Å². The van der Waals surface area contributed by atoms with E-state index in [9.17, 15) is 4.79 Å². The van der Waals surface area contributed by atoms with Crippen molar-refractivity contribution in [3.63, 3.8) is 0 Å². The summed E-state index contributed by atoms with van der Waals surface area (Å²) in [4.78, 5) is 13.7. The van der Waals surface area contributed by atoms with Crippen molar-refractivity contribution in [1.29, 1.82) is 0 Å². The Hall–Kier alpha value is -3.39. The van der Waals surface area contributed by atoms with Gasteiger partial charge in [0.1, 0.15) is 17.3 Å². The average Bonchev–Trinajstić information content (AvgIpc) is 3.15. The van der Waals surface area contributed by atoms with Crippen molar-refractivity contribution in [2.24, 2.45) is 17.1 Å². The molecule has 3 aromatic rings. The number of urea groups is 1. The first-order valence-corrected chi connectivity index (χ1v) is 12.8. The summed E-state index contributed by atoms with van der Waals surface area (Å²) in [7, 11) is 0. The second-order valence-corrected chi connectivity index (χ2v) is 11.5. The number of aryl methyl sites for hydroxylation is 1. The Bertz CT molecular complexity index is 1290. The predicted octanol–water partition coefficient (Wildman–Crippen LogP) is 5.92. The maximum Gasteiger partial charge on any atom is 0.316 e. The number of hydrogen-bond acceptors (Lipinski definition) is 4. The number of nitrogens with one attached hydrogen (secondary N) is 1. The molecule has 0 spiro atoms. The van der Waals surface area contributed by atoms with E-state index in [1.165, 1.54) is 6.07 Å². The Morgan fingerprint density at radius 3 is 2.65 bits per heavy atom. The summed E-state index contributed by atoms with van der Waals surface area (Å²) in [6.45, 7) is 16.1. The summed E-state index contributed by atoms with van der Waals surface area (Å²) in [5.74, 6) is 0.555. The molecule has 1 aromatic heterocycles. The third-order valence-electron chi connectivity index (χ3n) is 6.30. The molecule has 0 fully saturated rings. The number of para-hydroxylation sites is 1. The van der Waals surface area contributed by atoms with Crippen LogP contribution < -0.4 is 15.8 Å². The maximum absolute atomic E-state index is 15.1. The molecule has 198 valence electrons. The first kappa shape index (κ1) is 26.7. The molecule has 1 aliphatic rings. The third kappa shape index (κ3) is 6.13. The van der Waals surface area contributed by atoms with Gasteiger partial charge in [-0.15, -0.1) is 0 Å². The van der Waals surface area contributed by atoms with Gasteiger partial charge in [-0.25, -0.2) is 13.9 Å². The minimum Gasteiger partial charge on any atom is -0.491 e. The molecule has 3 N–H and O–H groups in total. The van der Waals surface area contributed by atoms with Crippen LogP contribution >= 0.6 is 0 Å². The van der Waals surface area contributed by atoms with Gasteiger partial charge in [0.2, 0.25) is 0 Å². The highest BCUT2D eigenvalue weighted by Crippen LogP contribution is 2.38. The number of carbonyl (C=O) groups is 1. The molecule has 8 heteroatoms. The summed E-state index contributed by atoms with van der Waals surface area (Å²) in [6, 6.07) is 9.96. The van der Waals surface area contributed by atoms with Crippen molar-refractivity contribution in [2.75, 3.05) is 25.0 Å². The highest BCUT2D eigenvalue weighted by atomic mass is 19.1. The molecule has 2 amide bonds. The number of hydrogen-bond donors (Lipinski definition) is 2. The zero-order valence-corrected chi connectivity index (χ0v) is 22.7. The number of aromatic nitrogens is 2. The van der Waals surface area contributed by atoms with Crippen LogP contribution in [0.25, 0.3) is 16.9 Å². The van der Waals surface area contributed by atoms with Crippen molar-refractivity contribution in [3.8, 4) is 22.7 Å². The first-order chi connectivity index (χ1) is 17.4. The highest BCUT2D eigenvalue weighted by molar-refractivity contribution is 5.88. The van der Waals surface area contributed by atoms with Crippen LogP contribution in [0, 0.1) is 24.1 Å². The van der Waals surface area contributed by atoms with Crippen LogP contribution in [0.1, 0.15) is 51.4 Å². The monoisotopic (exact) mass is 507 g/mol. The van der Waals surface area contributed by atoms with E-state index in [1.54, 1.807) is 12.1 Å². The molecule has 0 unspecified atom stereocenters. The highest BCUT2D eigenvalue weighted by Gasteiger charge is 2.29. The van der Waals surface area contributed by atoms with Crippen LogP contribution in [0.3, 0.4) is 0 Å². The molecule has 0 atom stereocenters. The second kappa shape index (κ2) is 10.5. The number of fused-ring (bicyclic) bond motifs is 1. The van der Waals surface area contributed by atoms with Gasteiger partial charge >= 0.3 is 6.03 Å². The summed E-state index contributed by atoms with van der Waals surface area (Å²) in [6.07, 6.45) is 0.809. The van der Waals surface area contributed by atoms with E-state index < -0.39 is 11.8 Å². The zero-order valence-electron chi connectivity index (χ0n) is 22.7. The Balaban J connectivity index is 1.89. The van der Waals surface area contributed by atoms with Crippen LogP contribution in [0.5, 0.6) is 5.75 Å². The SMILES string of the molecule is Cc1cccc(OCC(C)C)c1-n1nc2c(c1-c1ccc(NC(N)=O)c(F)c1)CN(CC(C)(C)C)CC2. The number of nitrogens with two attached hydrogens (primary N) is 1.